The zero-order valence-electron chi connectivity index (χ0n) is 9.38. The minimum atomic E-state index is -0.405. The first-order valence-corrected chi connectivity index (χ1v) is 5.66. The van der Waals surface area contributed by atoms with Crippen LogP contribution in [-0.2, 0) is 0 Å². The lowest BCUT2D eigenvalue weighted by Gasteiger charge is -2.04. The molecule has 2 N–H and O–H groups in total. The number of oxazole rings is 1. The first kappa shape index (κ1) is 10.8. The van der Waals surface area contributed by atoms with Crippen molar-refractivity contribution in [2.24, 2.45) is 0 Å². The maximum Gasteiger partial charge on any atom is 0.417 e. The maximum atomic E-state index is 11.0. The molecule has 86 valence electrons. The molecule has 16 heavy (non-hydrogen) atoms. The number of fused-ring (bicyclic) bond motifs is 1. The van der Waals surface area contributed by atoms with Crippen LogP contribution in [0.15, 0.2) is 27.4 Å². The Kier molecular flexibility index (Phi) is 3.29. The van der Waals surface area contributed by atoms with Gasteiger partial charge in [-0.2, -0.15) is 0 Å². The number of H-pyrrole nitrogens is 1. The molecule has 0 aliphatic rings. The zero-order chi connectivity index (χ0) is 11.4. The number of rotatable bonds is 5. The van der Waals surface area contributed by atoms with E-state index >= 15 is 0 Å². The van der Waals surface area contributed by atoms with Gasteiger partial charge in [-0.3, -0.25) is 4.98 Å². The molecule has 0 spiro atoms. The Morgan fingerprint density at radius 1 is 1.38 bits per heavy atom. The molecule has 0 aliphatic carbocycles. The van der Waals surface area contributed by atoms with Crippen molar-refractivity contribution in [2.75, 3.05) is 11.9 Å². The van der Waals surface area contributed by atoms with Crippen molar-refractivity contribution in [1.82, 2.24) is 4.98 Å². The maximum absolute atomic E-state index is 11.0. The van der Waals surface area contributed by atoms with E-state index in [1.807, 2.05) is 12.1 Å². The molecular weight excluding hydrogens is 204 g/mol. The van der Waals surface area contributed by atoms with E-state index in [4.69, 9.17) is 4.42 Å². The first-order chi connectivity index (χ1) is 7.79. The summed E-state index contributed by atoms with van der Waals surface area (Å²) in [6.45, 7) is 3.14. The largest absolute Gasteiger partial charge is 0.417 e. The highest BCUT2D eigenvalue weighted by molar-refractivity contribution is 5.76. The number of hydrogen-bond donors (Lipinski definition) is 2. The van der Waals surface area contributed by atoms with Gasteiger partial charge in [0.05, 0.1) is 5.52 Å². The van der Waals surface area contributed by atoms with Crippen LogP contribution in [0.2, 0.25) is 0 Å². The summed E-state index contributed by atoms with van der Waals surface area (Å²) >= 11 is 0. The summed E-state index contributed by atoms with van der Waals surface area (Å²) in [7, 11) is 0. The molecule has 0 fully saturated rings. The number of aromatic nitrogens is 1. The van der Waals surface area contributed by atoms with Crippen molar-refractivity contribution in [3.8, 4) is 0 Å². The van der Waals surface area contributed by atoms with Gasteiger partial charge in [-0.15, -0.1) is 0 Å². The molecule has 2 rings (SSSR count). The minimum Gasteiger partial charge on any atom is -0.408 e. The van der Waals surface area contributed by atoms with E-state index < -0.39 is 5.76 Å². The van der Waals surface area contributed by atoms with Gasteiger partial charge in [0.15, 0.2) is 5.58 Å². The Morgan fingerprint density at radius 2 is 2.25 bits per heavy atom. The van der Waals surface area contributed by atoms with Crippen LogP contribution in [0.3, 0.4) is 0 Å². The molecule has 0 saturated carbocycles. The molecule has 4 nitrogen and oxygen atoms in total. The lowest BCUT2D eigenvalue weighted by Crippen LogP contribution is -2.00. The van der Waals surface area contributed by atoms with Crippen LogP contribution in [0, 0.1) is 0 Å². The van der Waals surface area contributed by atoms with Crippen molar-refractivity contribution in [3.05, 3.63) is 28.7 Å². The highest BCUT2D eigenvalue weighted by atomic mass is 16.4. The summed E-state index contributed by atoms with van der Waals surface area (Å²) in [6, 6.07) is 5.62. The number of aromatic amines is 1. The summed E-state index contributed by atoms with van der Waals surface area (Å²) in [5.74, 6) is -0.405. The third-order valence-corrected chi connectivity index (χ3v) is 2.53. The second kappa shape index (κ2) is 4.88. The molecule has 4 heteroatoms. The molecule has 1 aromatic heterocycles. The van der Waals surface area contributed by atoms with Crippen molar-refractivity contribution < 1.29 is 4.42 Å². The number of hydrogen-bond acceptors (Lipinski definition) is 3. The predicted octanol–water partition coefficient (Wildman–Crippen LogP) is 2.72. The lowest BCUT2D eigenvalue weighted by atomic mass is 10.2. The fourth-order valence-electron chi connectivity index (χ4n) is 1.67. The third kappa shape index (κ3) is 2.45. The van der Waals surface area contributed by atoms with Crippen LogP contribution >= 0.6 is 0 Å². The van der Waals surface area contributed by atoms with E-state index in [-0.39, 0.29) is 0 Å². The first-order valence-electron chi connectivity index (χ1n) is 5.66. The van der Waals surface area contributed by atoms with Crippen LogP contribution < -0.4 is 11.1 Å². The zero-order valence-corrected chi connectivity index (χ0v) is 9.38. The average Bonchev–Trinajstić information content (AvgIpc) is 2.64. The monoisotopic (exact) mass is 220 g/mol. The summed E-state index contributed by atoms with van der Waals surface area (Å²) in [5, 5.41) is 3.32. The van der Waals surface area contributed by atoms with E-state index in [9.17, 15) is 4.79 Å². The van der Waals surface area contributed by atoms with Gasteiger partial charge in [0.1, 0.15) is 0 Å². The van der Waals surface area contributed by atoms with Crippen LogP contribution in [0.25, 0.3) is 11.1 Å². The Hall–Kier alpha value is -1.71. The van der Waals surface area contributed by atoms with Crippen molar-refractivity contribution in [1.29, 1.82) is 0 Å². The van der Waals surface area contributed by atoms with Gasteiger partial charge in [-0.05, 0) is 24.6 Å². The number of nitrogens with one attached hydrogen (secondary N) is 2. The summed E-state index contributed by atoms with van der Waals surface area (Å²) < 4.78 is 4.93. The standard InChI is InChI=1S/C12H16N2O2/c1-2-3-4-7-13-9-5-6-11-10(8-9)14-12(15)16-11/h5-6,8,13H,2-4,7H2,1H3,(H,14,15). The average molecular weight is 220 g/mol. The Labute approximate surface area is 93.7 Å². The SMILES string of the molecule is CCCCCNc1ccc2oc(=O)[nH]c2c1. The molecule has 0 aliphatic heterocycles. The van der Waals surface area contributed by atoms with E-state index in [1.54, 1.807) is 6.07 Å². The molecule has 1 heterocycles. The number of unbranched alkanes of at least 4 members (excludes halogenated alkanes) is 2. The molecule has 0 saturated heterocycles. The highest BCUT2D eigenvalue weighted by Crippen LogP contribution is 2.16. The minimum absolute atomic E-state index is 0.405. The second-order valence-corrected chi connectivity index (χ2v) is 3.86. The van der Waals surface area contributed by atoms with Crippen LogP contribution in [0.1, 0.15) is 26.2 Å². The highest BCUT2D eigenvalue weighted by Gasteiger charge is 2.01. The molecule has 1 aromatic carbocycles. The molecule has 0 atom stereocenters. The fraction of sp³-hybridized carbons (Fsp3) is 0.417. The lowest BCUT2D eigenvalue weighted by molar-refractivity contribution is 0.555. The molecule has 0 bridgehead atoms. The van der Waals surface area contributed by atoms with Gasteiger partial charge in [0, 0.05) is 12.2 Å². The summed E-state index contributed by atoms with van der Waals surface area (Å²) in [4.78, 5) is 13.6. The topological polar surface area (TPSA) is 58.0 Å². The van der Waals surface area contributed by atoms with Crippen molar-refractivity contribution >= 4 is 16.8 Å². The summed E-state index contributed by atoms with van der Waals surface area (Å²) in [6.07, 6.45) is 3.62. The molecular formula is C12H16N2O2. The Bertz CT molecular complexity index is 513. The van der Waals surface area contributed by atoms with Gasteiger partial charge in [-0.25, -0.2) is 4.79 Å². The molecule has 2 aromatic rings. The van der Waals surface area contributed by atoms with Gasteiger partial charge >= 0.3 is 5.76 Å². The number of benzene rings is 1. The van der Waals surface area contributed by atoms with Crippen LogP contribution in [0.4, 0.5) is 5.69 Å². The van der Waals surface area contributed by atoms with Crippen molar-refractivity contribution in [2.45, 2.75) is 26.2 Å². The van der Waals surface area contributed by atoms with Gasteiger partial charge in [-0.1, -0.05) is 19.8 Å². The molecule has 0 amide bonds. The quantitative estimate of drug-likeness (QED) is 0.762. The Morgan fingerprint density at radius 3 is 3.06 bits per heavy atom. The Balaban J connectivity index is 2.04. The smallest absolute Gasteiger partial charge is 0.408 e. The van der Waals surface area contributed by atoms with Gasteiger partial charge in [0.25, 0.3) is 0 Å². The number of anilines is 1. The second-order valence-electron chi connectivity index (χ2n) is 3.86. The predicted molar refractivity (Wildman–Crippen MR) is 64.8 cm³/mol. The van der Waals surface area contributed by atoms with E-state index in [0.29, 0.717) is 5.58 Å². The van der Waals surface area contributed by atoms with Gasteiger partial charge in [0.2, 0.25) is 0 Å². The molecule has 0 radical (unpaired) electrons. The van der Waals surface area contributed by atoms with E-state index in [2.05, 4.69) is 17.2 Å². The van der Waals surface area contributed by atoms with Gasteiger partial charge < -0.3 is 9.73 Å². The van der Waals surface area contributed by atoms with Crippen molar-refractivity contribution in [3.63, 3.8) is 0 Å². The molecule has 0 unspecified atom stereocenters. The fourth-order valence-corrected chi connectivity index (χ4v) is 1.67. The van der Waals surface area contributed by atoms with E-state index in [1.165, 1.54) is 12.8 Å². The van der Waals surface area contributed by atoms with Crippen LogP contribution in [-0.4, -0.2) is 11.5 Å². The normalized spacial score (nSPS) is 10.8. The van der Waals surface area contributed by atoms with E-state index in [0.717, 1.165) is 24.2 Å². The third-order valence-electron chi connectivity index (χ3n) is 2.53. The van der Waals surface area contributed by atoms with Crippen LogP contribution in [0.5, 0.6) is 0 Å². The summed E-state index contributed by atoms with van der Waals surface area (Å²) in [5.41, 5.74) is 2.36.